The molecule has 0 amide bonds. The molecule has 0 aromatic heterocycles. The second-order valence-electron chi connectivity index (χ2n) is 6.59. The van der Waals surface area contributed by atoms with Crippen molar-refractivity contribution in [3.8, 4) is 0 Å². The Labute approximate surface area is 114 Å². The van der Waals surface area contributed by atoms with Gasteiger partial charge in [0.25, 0.3) is 0 Å². The molecule has 108 valence electrons. The summed E-state index contributed by atoms with van der Waals surface area (Å²) >= 11 is 0. The molecule has 2 nitrogen and oxygen atoms in total. The van der Waals surface area contributed by atoms with Gasteiger partial charge in [0.15, 0.2) is 0 Å². The number of unbranched alkanes of at least 4 members (excludes halogenated alkanes) is 3. The molecule has 0 bridgehead atoms. The van der Waals surface area contributed by atoms with E-state index in [-0.39, 0.29) is 0 Å². The maximum atomic E-state index is 6.01. The second kappa shape index (κ2) is 9.80. The molecule has 0 spiro atoms. The Balaban J connectivity index is 1.83. The Morgan fingerprint density at radius 2 is 1.89 bits per heavy atom. The molecule has 1 rings (SSSR count). The maximum Gasteiger partial charge on any atom is 0.00419 e. The van der Waals surface area contributed by atoms with E-state index in [1.54, 1.807) is 0 Å². The fraction of sp³-hybridized carbons (Fsp3) is 1.00. The van der Waals surface area contributed by atoms with Crippen molar-refractivity contribution < 1.29 is 0 Å². The molecular weight excluding hydrogens is 220 g/mol. The van der Waals surface area contributed by atoms with Crippen LogP contribution in [0.2, 0.25) is 0 Å². The number of nitrogens with one attached hydrogen (secondary N) is 1. The maximum absolute atomic E-state index is 6.01. The zero-order valence-corrected chi connectivity index (χ0v) is 12.6. The van der Waals surface area contributed by atoms with E-state index in [2.05, 4.69) is 19.2 Å². The lowest BCUT2D eigenvalue weighted by Crippen LogP contribution is -2.33. The Morgan fingerprint density at radius 3 is 2.61 bits per heavy atom. The minimum Gasteiger partial charge on any atom is -0.328 e. The molecule has 0 saturated heterocycles. The highest BCUT2D eigenvalue weighted by atomic mass is 14.9. The van der Waals surface area contributed by atoms with Gasteiger partial charge in [-0.25, -0.2) is 0 Å². The monoisotopic (exact) mass is 254 g/mol. The largest absolute Gasteiger partial charge is 0.328 e. The molecule has 2 unspecified atom stereocenters. The van der Waals surface area contributed by atoms with E-state index >= 15 is 0 Å². The first-order chi connectivity index (χ1) is 8.68. The van der Waals surface area contributed by atoms with Gasteiger partial charge >= 0.3 is 0 Å². The summed E-state index contributed by atoms with van der Waals surface area (Å²) in [6.45, 7) is 7.03. The molecule has 0 radical (unpaired) electrons. The molecule has 2 atom stereocenters. The summed E-state index contributed by atoms with van der Waals surface area (Å²) < 4.78 is 0. The lowest BCUT2D eigenvalue weighted by Gasteiger charge is -2.26. The summed E-state index contributed by atoms with van der Waals surface area (Å²) in [5.41, 5.74) is 6.01. The minimum atomic E-state index is 0.474. The SMILES string of the molecule is CC(C)CCCCCCNCC1CCCC(N)C1. The third kappa shape index (κ3) is 8.10. The van der Waals surface area contributed by atoms with E-state index in [4.69, 9.17) is 5.73 Å². The second-order valence-corrected chi connectivity index (χ2v) is 6.59. The van der Waals surface area contributed by atoms with Gasteiger partial charge in [-0.3, -0.25) is 0 Å². The highest BCUT2D eigenvalue weighted by Crippen LogP contribution is 2.22. The Hall–Kier alpha value is -0.0800. The van der Waals surface area contributed by atoms with Crippen molar-refractivity contribution in [1.29, 1.82) is 0 Å². The van der Waals surface area contributed by atoms with Crippen LogP contribution in [0.3, 0.4) is 0 Å². The fourth-order valence-corrected chi connectivity index (χ4v) is 2.98. The van der Waals surface area contributed by atoms with Crippen LogP contribution < -0.4 is 11.1 Å². The first-order valence-electron chi connectivity index (χ1n) is 8.14. The van der Waals surface area contributed by atoms with Crippen LogP contribution in [0.15, 0.2) is 0 Å². The summed E-state index contributed by atoms with van der Waals surface area (Å²) in [7, 11) is 0. The number of rotatable bonds is 9. The topological polar surface area (TPSA) is 38.0 Å². The molecule has 1 saturated carbocycles. The van der Waals surface area contributed by atoms with Gasteiger partial charge in [0.05, 0.1) is 0 Å². The molecule has 1 fully saturated rings. The van der Waals surface area contributed by atoms with Crippen molar-refractivity contribution >= 4 is 0 Å². The molecule has 1 aliphatic rings. The smallest absolute Gasteiger partial charge is 0.00419 e. The molecule has 0 aliphatic heterocycles. The highest BCUT2D eigenvalue weighted by molar-refractivity contribution is 4.76. The highest BCUT2D eigenvalue weighted by Gasteiger charge is 2.18. The van der Waals surface area contributed by atoms with Crippen molar-refractivity contribution in [2.45, 2.75) is 77.7 Å². The van der Waals surface area contributed by atoms with E-state index in [1.165, 1.54) is 70.9 Å². The lowest BCUT2D eigenvalue weighted by atomic mass is 9.86. The number of nitrogens with two attached hydrogens (primary N) is 1. The Bertz CT molecular complexity index is 192. The minimum absolute atomic E-state index is 0.474. The van der Waals surface area contributed by atoms with E-state index in [1.807, 2.05) is 0 Å². The predicted octanol–water partition coefficient (Wildman–Crippen LogP) is 3.70. The van der Waals surface area contributed by atoms with Gasteiger partial charge < -0.3 is 11.1 Å². The van der Waals surface area contributed by atoms with E-state index < -0.39 is 0 Å². The van der Waals surface area contributed by atoms with E-state index in [0.717, 1.165) is 11.8 Å². The van der Waals surface area contributed by atoms with Gasteiger partial charge in [0.2, 0.25) is 0 Å². The van der Waals surface area contributed by atoms with Gasteiger partial charge in [0.1, 0.15) is 0 Å². The van der Waals surface area contributed by atoms with Crippen LogP contribution in [-0.4, -0.2) is 19.1 Å². The van der Waals surface area contributed by atoms with Crippen LogP contribution >= 0.6 is 0 Å². The molecule has 0 aromatic carbocycles. The van der Waals surface area contributed by atoms with Crippen LogP contribution in [0, 0.1) is 11.8 Å². The Morgan fingerprint density at radius 1 is 1.11 bits per heavy atom. The third-order valence-electron chi connectivity index (χ3n) is 4.14. The van der Waals surface area contributed by atoms with E-state index in [9.17, 15) is 0 Å². The molecule has 2 heteroatoms. The van der Waals surface area contributed by atoms with Crippen molar-refractivity contribution in [2.75, 3.05) is 13.1 Å². The van der Waals surface area contributed by atoms with Crippen molar-refractivity contribution in [3.63, 3.8) is 0 Å². The van der Waals surface area contributed by atoms with Gasteiger partial charge in [-0.05, 0) is 50.6 Å². The zero-order valence-electron chi connectivity index (χ0n) is 12.6. The van der Waals surface area contributed by atoms with E-state index in [0.29, 0.717) is 6.04 Å². The molecule has 0 aromatic rings. The average Bonchev–Trinajstić information content (AvgIpc) is 2.32. The summed E-state index contributed by atoms with van der Waals surface area (Å²) in [6, 6.07) is 0.474. The fourth-order valence-electron chi connectivity index (χ4n) is 2.98. The van der Waals surface area contributed by atoms with Crippen LogP contribution in [0.4, 0.5) is 0 Å². The van der Waals surface area contributed by atoms with Crippen molar-refractivity contribution in [1.82, 2.24) is 5.32 Å². The molecular formula is C16H34N2. The molecule has 3 N–H and O–H groups in total. The van der Waals surface area contributed by atoms with Gasteiger partial charge in [-0.2, -0.15) is 0 Å². The van der Waals surface area contributed by atoms with Crippen LogP contribution in [0.25, 0.3) is 0 Å². The van der Waals surface area contributed by atoms with Crippen molar-refractivity contribution in [3.05, 3.63) is 0 Å². The van der Waals surface area contributed by atoms with Crippen LogP contribution in [0.1, 0.15) is 71.6 Å². The first-order valence-corrected chi connectivity index (χ1v) is 8.14. The lowest BCUT2D eigenvalue weighted by molar-refractivity contribution is 0.310. The quantitative estimate of drug-likeness (QED) is 0.616. The summed E-state index contributed by atoms with van der Waals surface area (Å²) in [5, 5.41) is 3.62. The average molecular weight is 254 g/mol. The van der Waals surface area contributed by atoms with Gasteiger partial charge in [-0.1, -0.05) is 46.0 Å². The summed E-state index contributed by atoms with van der Waals surface area (Å²) in [4.78, 5) is 0. The van der Waals surface area contributed by atoms with Crippen LogP contribution in [0.5, 0.6) is 0 Å². The zero-order chi connectivity index (χ0) is 13.2. The standard InChI is InChI=1S/C16H34N2/c1-14(2)8-5-3-4-6-11-18-13-15-9-7-10-16(17)12-15/h14-16,18H,3-13,17H2,1-2H3. The van der Waals surface area contributed by atoms with Crippen molar-refractivity contribution in [2.24, 2.45) is 17.6 Å². The summed E-state index contributed by atoms with van der Waals surface area (Å²) in [5.74, 6) is 1.72. The molecule has 1 aliphatic carbocycles. The number of hydrogen-bond donors (Lipinski definition) is 2. The molecule has 0 heterocycles. The van der Waals surface area contributed by atoms with Gasteiger partial charge in [-0.15, -0.1) is 0 Å². The third-order valence-corrected chi connectivity index (χ3v) is 4.14. The normalized spacial score (nSPS) is 24.7. The molecule has 18 heavy (non-hydrogen) atoms. The van der Waals surface area contributed by atoms with Gasteiger partial charge in [0, 0.05) is 6.04 Å². The van der Waals surface area contributed by atoms with Crippen LogP contribution in [-0.2, 0) is 0 Å². The first kappa shape index (κ1) is 16.0. The Kier molecular flexibility index (Phi) is 8.70. The summed E-state index contributed by atoms with van der Waals surface area (Å²) in [6.07, 6.45) is 12.2. The predicted molar refractivity (Wildman–Crippen MR) is 80.7 cm³/mol. The number of hydrogen-bond acceptors (Lipinski definition) is 2.